The van der Waals surface area contributed by atoms with Crippen molar-refractivity contribution in [1.82, 2.24) is 0 Å². The van der Waals surface area contributed by atoms with Gasteiger partial charge in [-0.25, -0.2) is 4.79 Å². The molecule has 4 rings (SSSR count). The maximum absolute atomic E-state index is 13.8. The summed E-state index contributed by atoms with van der Waals surface area (Å²) in [6.45, 7) is 0. The molecular formula is C26H13ClF3NO4. The molecule has 0 atom stereocenters. The number of alkyl halides is 3. The molecule has 0 amide bonds. The fraction of sp³-hybridized carbons (Fsp3) is 0.0385. The standard InChI is InChI=1S/C26H13ClF3NO4/c27-18-8-6-16(7-9-18)22-23(32)20-11-10-19(13-21(20)35-24(22)26(28,29)30)34-25(33)17(14-31)12-15-4-2-1-3-5-15/h1-13H. The lowest BCUT2D eigenvalue weighted by Gasteiger charge is -2.13. The lowest BCUT2D eigenvalue weighted by atomic mass is 10.0. The molecule has 0 aliphatic heterocycles. The number of carbonyl (C=O) groups excluding carboxylic acids is 1. The van der Waals surface area contributed by atoms with Crippen LogP contribution in [-0.4, -0.2) is 5.97 Å². The number of nitrogens with zero attached hydrogens (tertiary/aromatic N) is 1. The Bertz CT molecular complexity index is 1550. The second-order valence-electron chi connectivity index (χ2n) is 7.27. The van der Waals surface area contributed by atoms with Gasteiger partial charge in [-0.1, -0.05) is 54.1 Å². The number of hydrogen-bond donors (Lipinski definition) is 0. The zero-order valence-electron chi connectivity index (χ0n) is 17.6. The summed E-state index contributed by atoms with van der Waals surface area (Å²) in [7, 11) is 0. The number of esters is 1. The molecule has 0 fully saturated rings. The minimum atomic E-state index is -4.98. The van der Waals surface area contributed by atoms with Crippen molar-refractivity contribution < 1.29 is 27.1 Å². The highest BCUT2D eigenvalue weighted by molar-refractivity contribution is 6.30. The first kappa shape index (κ1) is 23.8. The maximum Gasteiger partial charge on any atom is 0.450 e. The highest BCUT2D eigenvalue weighted by Crippen LogP contribution is 2.38. The first-order valence-corrected chi connectivity index (χ1v) is 10.4. The molecule has 0 bridgehead atoms. The van der Waals surface area contributed by atoms with Gasteiger partial charge in [-0.15, -0.1) is 0 Å². The molecule has 0 aliphatic carbocycles. The second-order valence-corrected chi connectivity index (χ2v) is 7.70. The van der Waals surface area contributed by atoms with Crippen molar-refractivity contribution in [2.45, 2.75) is 6.18 Å². The van der Waals surface area contributed by atoms with Gasteiger partial charge in [0.25, 0.3) is 0 Å². The molecular weight excluding hydrogens is 483 g/mol. The Labute approximate surface area is 201 Å². The van der Waals surface area contributed by atoms with Crippen molar-refractivity contribution in [1.29, 1.82) is 5.26 Å². The van der Waals surface area contributed by atoms with Crippen LogP contribution in [0.25, 0.3) is 28.2 Å². The summed E-state index contributed by atoms with van der Waals surface area (Å²) in [5.41, 5.74) is -1.78. The average molecular weight is 496 g/mol. The smallest absolute Gasteiger partial charge is 0.450 e. The Morgan fingerprint density at radius 1 is 1.03 bits per heavy atom. The molecule has 0 saturated carbocycles. The fourth-order valence-electron chi connectivity index (χ4n) is 3.33. The number of halogens is 4. The topological polar surface area (TPSA) is 80.3 Å². The van der Waals surface area contributed by atoms with Gasteiger partial charge in [0.15, 0.2) is 0 Å². The summed E-state index contributed by atoms with van der Waals surface area (Å²) >= 11 is 5.81. The van der Waals surface area contributed by atoms with Gasteiger partial charge < -0.3 is 9.15 Å². The van der Waals surface area contributed by atoms with Crippen LogP contribution in [0.5, 0.6) is 5.75 Å². The Morgan fingerprint density at radius 2 is 1.71 bits per heavy atom. The van der Waals surface area contributed by atoms with E-state index < -0.39 is 34.5 Å². The molecule has 3 aromatic carbocycles. The van der Waals surface area contributed by atoms with Gasteiger partial charge in [0.05, 0.1) is 10.9 Å². The number of benzene rings is 3. The van der Waals surface area contributed by atoms with Gasteiger partial charge in [0, 0.05) is 11.1 Å². The van der Waals surface area contributed by atoms with E-state index in [-0.39, 0.29) is 27.3 Å². The van der Waals surface area contributed by atoms with Gasteiger partial charge in [0.2, 0.25) is 11.2 Å². The zero-order chi connectivity index (χ0) is 25.2. The van der Waals surface area contributed by atoms with Crippen molar-refractivity contribution >= 4 is 34.6 Å². The van der Waals surface area contributed by atoms with Crippen molar-refractivity contribution in [3.63, 3.8) is 0 Å². The van der Waals surface area contributed by atoms with E-state index in [0.717, 1.165) is 6.07 Å². The second kappa shape index (κ2) is 9.49. The molecule has 0 N–H and O–H groups in total. The molecule has 0 aliphatic rings. The first-order valence-electron chi connectivity index (χ1n) is 10.0. The molecule has 174 valence electrons. The molecule has 1 aromatic heterocycles. The molecule has 35 heavy (non-hydrogen) atoms. The summed E-state index contributed by atoms with van der Waals surface area (Å²) in [6, 6.07) is 19.0. The monoisotopic (exact) mass is 495 g/mol. The third kappa shape index (κ3) is 5.10. The summed E-state index contributed by atoms with van der Waals surface area (Å²) in [5, 5.41) is 9.45. The van der Waals surface area contributed by atoms with Gasteiger partial charge in [-0.2, -0.15) is 18.4 Å². The van der Waals surface area contributed by atoms with Crippen molar-refractivity contribution in [2.24, 2.45) is 0 Å². The van der Waals surface area contributed by atoms with Gasteiger partial charge >= 0.3 is 12.1 Å². The predicted octanol–water partition coefficient (Wildman–Crippen LogP) is 6.64. The van der Waals surface area contributed by atoms with Gasteiger partial charge in [-0.3, -0.25) is 4.79 Å². The number of rotatable bonds is 4. The molecule has 0 unspecified atom stereocenters. The molecule has 1 heterocycles. The summed E-state index contributed by atoms with van der Waals surface area (Å²) in [4.78, 5) is 25.5. The van der Waals surface area contributed by atoms with E-state index in [4.69, 9.17) is 20.8 Å². The molecule has 4 aromatic rings. The molecule has 0 saturated heterocycles. The van der Waals surface area contributed by atoms with Crippen LogP contribution in [0.15, 0.2) is 87.6 Å². The third-order valence-corrected chi connectivity index (χ3v) is 5.17. The SMILES string of the molecule is N#CC(=Cc1ccccc1)C(=O)Oc1ccc2c(=O)c(-c3ccc(Cl)cc3)c(C(F)(F)F)oc2c1. The van der Waals surface area contributed by atoms with Crippen molar-refractivity contribution in [2.75, 3.05) is 0 Å². The van der Waals surface area contributed by atoms with Crippen LogP contribution < -0.4 is 10.2 Å². The third-order valence-electron chi connectivity index (χ3n) is 4.92. The highest BCUT2D eigenvalue weighted by atomic mass is 35.5. The van der Waals surface area contributed by atoms with Crippen LogP contribution in [0.3, 0.4) is 0 Å². The fourth-order valence-corrected chi connectivity index (χ4v) is 3.46. The van der Waals surface area contributed by atoms with Gasteiger partial charge in [-0.05, 0) is 41.5 Å². The highest BCUT2D eigenvalue weighted by Gasteiger charge is 2.39. The number of nitriles is 1. The lowest BCUT2D eigenvalue weighted by Crippen LogP contribution is -2.16. The number of ether oxygens (including phenoxy) is 1. The molecule has 0 radical (unpaired) electrons. The molecule has 9 heteroatoms. The number of hydrogen-bond acceptors (Lipinski definition) is 5. The minimum absolute atomic E-state index is 0.0161. The van der Waals surface area contributed by atoms with E-state index in [1.807, 2.05) is 0 Å². The van der Waals surface area contributed by atoms with Gasteiger partial charge in [0.1, 0.15) is 23.0 Å². The van der Waals surface area contributed by atoms with E-state index in [0.29, 0.717) is 5.56 Å². The Hall–Kier alpha value is -4.35. The largest absolute Gasteiger partial charge is 0.450 e. The molecule has 0 spiro atoms. The Kier molecular flexibility index (Phi) is 6.45. The van der Waals surface area contributed by atoms with E-state index >= 15 is 0 Å². The van der Waals surface area contributed by atoms with Crippen LogP contribution in [0.1, 0.15) is 11.3 Å². The maximum atomic E-state index is 13.8. The van der Waals surface area contributed by atoms with E-state index in [1.165, 1.54) is 42.5 Å². The van der Waals surface area contributed by atoms with Crippen LogP contribution >= 0.6 is 11.6 Å². The lowest BCUT2D eigenvalue weighted by molar-refractivity contribution is -0.152. The number of fused-ring (bicyclic) bond motifs is 1. The average Bonchev–Trinajstić information content (AvgIpc) is 2.83. The summed E-state index contributed by atoms with van der Waals surface area (Å²) in [6.07, 6.45) is -3.68. The normalized spacial score (nSPS) is 11.8. The minimum Gasteiger partial charge on any atom is -0.450 e. The van der Waals surface area contributed by atoms with Crippen LogP contribution in [0.2, 0.25) is 5.02 Å². The summed E-state index contributed by atoms with van der Waals surface area (Å²) in [5.74, 6) is -2.72. The Morgan fingerprint density at radius 3 is 2.34 bits per heavy atom. The van der Waals surface area contributed by atoms with Crippen LogP contribution in [0.4, 0.5) is 13.2 Å². The number of carbonyl (C=O) groups is 1. The van der Waals surface area contributed by atoms with E-state index in [2.05, 4.69) is 0 Å². The van der Waals surface area contributed by atoms with Crippen LogP contribution in [-0.2, 0) is 11.0 Å². The Balaban J connectivity index is 1.76. The van der Waals surface area contributed by atoms with Crippen LogP contribution in [0, 0.1) is 11.3 Å². The van der Waals surface area contributed by atoms with E-state index in [1.54, 1.807) is 36.4 Å². The predicted molar refractivity (Wildman–Crippen MR) is 124 cm³/mol. The summed E-state index contributed by atoms with van der Waals surface area (Å²) < 4.78 is 51.7. The first-order chi connectivity index (χ1) is 16.7. The van der Waals surface area contributed by atoms with Crippen molar-refractivity contribution in [3.8, 4) is 22.9 Å². The molecule has 5 nitrogen and oxygen atoms in total. The quantitative estimate of drug-likeness (QED) is 0.137. The van der Waals surface area contributed by atoms with E-state index in [9.17, 15) is 28.0 Å². The van der Waals surface area contributed by atoms with Crippen molar-refractivity contribution in [3.05, 3.63) is 105 Å². The zero-order valence-corrected chi connectivity index (χ0v) is 18.4.